The van der Waals surface area contributed by atoms with Gasteiger partial charge in [-0.05, 0) is 18.8 Å². The third-order valence-corrected chi connectivity index (χ3v) is 2.09. The summed E-state index contributed by atoms with van der Waals surface area (Å²) in [5.74, 6) is 0.594. The van der Waals surface area contributed by atoms with Crippen molar-refractivity contribution in [3.05, 3.63) is 0 Å². The molecule has 2 heteroatoms. The van der Waals surface area contributed by atoms with Crippen molar-refractivity contribution in [3.63, 3.8) is 0 Å². The average molecular weight is 174 g/mol. The van der Waals surface area contributed by atoms with Crippen LogP contribution in [0.1, 0.15) is 40.5 Å². The highest BCUT2D eigenvalue weighted by molar-refractivity contribution is 4.74. The second-order valence-electron chi connectivity index (χ2n) is 3.30. The number of ether oxygens (including phenoxy) is 1. The molecule has 0 aliphatic carbocycles. The highest BCUT2D eigenvalue weighted by Crippen LogP contribution is 2.24. The molecule has 0 aromatic carbocycles. The minimum atomic E-state index is 0.118. The monoisotopic (exact) mass is 174 g/mol. The fourth-order valence-electron chi connectivity index (χ4n) is 1.36. The van der Waals surface area contributed by atoms with Crippen molar-refractivity contribution >= 4 is 0 Å². The molecule has 0 bridgehead atoms. The van der Waals surface area contributed by atoms with Gasteiger partial charge in [0.05, 0.1) is 18.8 Å². The molecule has 1 saturated heterocycles. The van der Waals surface area contributed by atoms with Crippen LogP contribution < -0.4 is 0 Å². The topological polar surface area (TPSA) is 29.5 Å². The van der Waals surface area contributed by atoms with E-state index >= 15 is 0 Å². The molecule has 1 aliphatic rings. The number of rotatable bonds is 2. The second-order valence-corrected chi connectivity index (χ2v) is 3.30. The molecule has 74 valence electrons. The summed E-state index contributed by atoms with van der Waals surface area (Å²) >= 11 is 0. The molecule has 12 heavy (non-hydrogen) atoms. The Bertz CT molecular complexity index is 102. The normalized spacial score (nSPS) is 28.5. The zero-order valence-electron chi connectivity index (χ0n) is 8.71. The summed E-state index contributed by atoms with van der Waals surface area (Å²) in [6.07, 6.45) is 2.65. The summed E-state index contributed by atoms with van der Waals surface area (Å²) < 4.78 is 5.52. The van der Waals surface area contributed by atoms with Crippen molar-refractivity contribution < 1.29 is 9.84 Å². The Morgan fingerprint density at radius 1 is 1.33 bits per heavy atom. The number of hydrogen-bond acceptors (Lipinski definition) is 2. The lowest BCUT2D eigenvalue weighted by Gasteiger charge is -2.14. The number of aliphatic hydroxyl groups is 1. The Labute approximate surface area is 75.9 Å². The summed E-state index contributed by atoms with van der Waals surface area (Å²) in [5, 5.41) is 8.74. The van der Waals surface area contributed by atoms with Crippen LogP contribution in [-0.4, -0.2) is 23.9 Å². The van der Waals surface area contributed by atoms with E-state index in [2.05, 4.69) is 13.8 Å². The molecule has 1 heterocycles. The Hall–Kier alpha value is -0.0800. The van der Waals surface area contributed by atoms with E-state index in [9.17, 15) is 0 Å². The predicted octanol–water partition coefficient (Wildman–Crippen LogP) is 2.21. The van der Waals surface area contributed by atoms with Crippen LogP contribution in [0.15, 0.2) is 0 Å². The molecule has 2 unspecified atom stereocenters. The molecular weight excluding hydrogens is 152 g/mol. The van der Waals surface area contributed by atoms with Crippen LogP contribution in [0.4, 0.5) is 0 Å². The number of hydrogen-bond donors (Lipinski definition) is 1. The number of aliphatic hydroxyl groups excluding tert-OH is 1. The van der Waals surface area contributed by atoms with Crippen LogP contribution in [0.3, 0.4) is 0 Å². The molecule has 1 aliphatic heterocycles. The van der Waals surface area contributed by atoms with Gasteiger partial charge >= 0.3 is 0 Å². The Balaban J connectivity index is 0.000000561. The minimum absolute atomic E-state index is 0.118. The molecule has 2 nitrogen and oxygen atoms in total. The van der Waals surface area contributed by atoms with Crippen molar-refractivity contribution in [1.82, 2.24) is 0 Å². The molecule has 0 spiro atoms. The summed E-state index contributed by atoms with van der Waals surface area (Å²) in [4.78, 5) is 0. The summed E-state index contributed by atoms with van der Waals surface area (Å²) in [6, 6.07) is 0. The Morgan fingerprint density at radius 2 is 1.92 bits per heavy atom. The second kappa shape index (κ2) is 6.44. The standard InChI is InChI=1S/C8H16O2.C2H6/c1-6(2)8-4-3-7(5-9)10-8;1-2/h6-9H,3-5H2,1-2H3;1-2H3. The zero-order valence-corrected chi connectivity index (χ0v) is 8.71. The summed E-state index contributed by atoms with van der Waals surface area (Å²) in [7, 11) is 0. The highest BCUT2D eigenvalue weighted by atomic mass is 16.5. The van der Waals surface area contributed by atoms with Crippen LogP contribution in [0.5, 0.6) is 0 Å². The van der Waals surface area contributed by atoms with Gasteiger partial charge in [0, 0.05) is 0 Å². The first-order valence-electron chi connectivity index (χ1n) is 5.00. The van der Waals surface area contributed by atoms with Crippen molar-refractivity contribution in [2.45, 2.75) is 52.7 Å². The van der Waals surface area contributed by atoms with E-state index in [0.29, 0.717) is 12.0 Å². The van der Waals surface area contributed by atoms with E-state index in [1.165, 1.54) is 0 Å². The van der Waals surface area contributed by atoms with Gasteiger partial charge in [0.1, 0.15) is 0 Å². The van der Waals surface area contributed by atoms with Crippen LogP contribution in [-0.2, 0) is 4.74 Å². The third kappa shape index (κ3) is 3.55. The molecule has 1 N–H and O–H groups in total. The zero-order chi connectivity index (χ0) is 9.56. The molecule has 0 aromatic heterocycles. The van der Waals surface area contributed by atoms with Crippen LogP contribution in [0.2, 0.25) is 0 Å². The van der Waals surface area contributed by atoms with Crippen LogP contribution >= 0.6 is 0 Å². The molecular formula is C10H22O2. The largest absolute Gasteiger partial charge is 0.394 e. The van der Waals surface area contributed by atoms with E-state index in [-0.39, 0.29) is 12.7 Å². The Kier molecular flexibility index (Phi) is 6.39. The molecule has 2 atom stereocenters. The van der Waals surface area contributed by atoms with E-state index < -0.39 is 0 Å². The maximum Gasteiger partial charge on any atom is 0.0810 e. The Morgan fingerprint density at radius 3 is 2.17 bits per heavy atom. The maximum absolute atomic E-state index is 8.74. The van der Waals surface area contributed by atoms with Gasteiger partial charge in [0.2, 0.25) is 0 Å². The fraction of sp³-hybridized carbons (Fsp3) is 1.00. The van der Waals surface area contributed by atoms with Gasteiger partial charge in [-0.2, -0.15) is 0 Å². The third-order valence-electron chi connectivity index (χ3n) is 2.09. The first kappa shape index (κ1) is 11.9. The molecule has 1 fully saturated rings. The van der Waals surface area contributed by atoms with E-state index in [1.54, 1.807) is 0 Å². The smallest absolute Gasteiger partial charge is 0.0810 e. The fourth-order valence-corrected chi connectivity index (χ4v) is 1.36. The van der Waals surface area contributed by atoms with Crippen molar-refractivity contribution in [2.24, 2.45) is 5.92 Å². The van der Waals surface area contributed by atoms with Gasteiger partial charge in [0.25, 0.3) is 0 Å². The van der Waals surface area contributed by atoms with Crippen molar-refractivity contribution in [2.75, 3.05) is 6.61 Å². The SMILES string of the molecule is CC.CC(C)C1CCC(CO)O1. The van der Waals surface area contributed by atoms with Crippen LogP contribution in [0, 0.1) is 5.92 Å². The van der Waals surface area contributed by atoms with Gasteiger partial charge < -0.3 is 9.84 Å². The van der Waals surface area contributed by atoms with Gasteiger partial charge in [-0.25, -0.2) is 0 Å². The first-order valence-corrected chi connectivity index (χ1v) is 5.00. The average Bonchev–Trinajstić information content (AvgIpc) is 2.55. The lowest BCUT2D eigenvalue weighted by molar-refractivity contribution is -0.00740. The first-order chi connectivity index (χ1) is 5.74. The van der Waals surface area contributed by atoms with E-state index in [0.717, 1.165) is 12.8 Å². The molecule has 1 rings (SSSR count). The predicted molar refractivity (Wildman–Crippen MR) is 51.2 cm³/mol. The van der Waals surface area contributed by atoms with Gasteiger partial charge in [0.15, 0.2) is 0 Å². The van der Waals surface area contributed by atoms with Gasteiger partial charge in [-0.1, -0.05) is 27.7 Å². The lowest BCUT2D eigenvalue weighted by Crippen LogP contribution is -2.18. The lowest BCUT2D eigenvalue weighted by atomic mass is 10.0. The van der Waals surface area contributed by atoms with Gasteiger partial charge in [-0.3, -0.25) is 0 Å². The summed E-state index contributed by atoms with van der Waals surface area (Å²) in [6.45, 7) is 8.50. The molecule has 0 saturated carbocycles. The van der Waals surface area contributed by atoms with Crippen molar-refractivity contribution in [1.29, 1.82) is 0 Å². The molecule has 0 radical (unpaired) electrons. The molecule has 0 aromatic rings. The van der Waals surface area contributed by atoms with Crippen molar-refractivity contribution in [3.8, 4) is 0 Å². The molecule has 0 amide bonds. The minimum Gasteiger partial charge on any atom is -0.394 e. The van der Waals surface area contributed by atoms with E-state index in [1.807, 2.05) is 13.8 Å². The van der Waals surface area contributed by atoms with E-state index in [4.69, 9.17) is 9.84 Å². The summed E-state index contributed by atoms with van der Waals surface area (Å²) in [5.41, 5.74) is 0. The highest BCUT2D eigenvalue weighted by Gasteiger charge is 2.26. The van der Waals surface area contributed by atoms with Gasteiger partial charge in [-0.15, -0.1) is 0 Å². The maximum atomic E-state index is 8.74. The van der Waals surface area contributed by atoms with Crippen LogP contribution in [0.25, 0.3) is 0 Å². The quantitative estimate of drug-likeness (QED) is 0.695.